The first-order valence-electron chi connectivity index (χ1n) is 22.3. The highest BCUT2D eigenvalue weighted by molar-refractivity contribution is 5.69. The number of benzene rings is 7. The van der Waals surface area contributed by atoms with Crippen LogP contribution in [0.5, 0.6) is 23.0 Å². The van der Waals surface area contributed by atoms with Crippen molar-refractivity contribution < 1.29 is 35.8 Å². The van der Waals surface area contributed by atoms with E-state index < -0.39 is 28.9 Å². The summed E-state index contributed by atoms with van der Waals surface area (Å²) in [5, 5.41) is 0. The molecule has 0 saturated carbocycles. The van der Waals surface area contributed by atoms with Gasteiger partial charge < -0.3 is 9.47 Å². The summed E-state index contributed by atoms with van der Waals surface area (Å²) in [6, 6.07) is 48.7. The molecule has 0 atom stereocenters. The Morgan fingerprint density at radius 1 is 0.389 bits per heavy atom. The Labute approximate surface area is 410 Å². The molecule has 0 aliphatic carbocycles. The lowest BCUT2D eigenvalue weighted by atomic mass is 9.73. The third kappa shape index (κ3) is 10.3. The molecular formula is C58H40F6N6O2. The van der Waals surface area contributed by atoms with Crippen LogP contribution in [0, 0.1) is 0 Å². The van der Waals surface area contributed by atoms with Gasteiger partial charge in [-0.1, -0.05) is 146 Å². The van der Waals surface area contributed by atoms with Crippen LogP contribution in [0.1, 0.15) is 23.9 Å². The summed E-state index contributed by atoms with van der Waals surface area (Å²) in [7, 11) is 0. The molecule has 9 rings (SSSR count). The molecule has 356 valence electrons. The average Bonchev–Trinajstić information content (AvgIpc) is 3.40. The SMILES string of the molecule is C=C/C=C\C=C(/C)c1nc(-c2ccccc2)nc(-c2ccc(Oc3ccc(C(c4ccc(Oc5ccc(-c6nc(-c7ccccc7)nc(-c7ccccc7)n6)cc5)cc4)(C(F)(F)F)C(F)(F)F)cc3)cc2)n1. The molecule has 14 heteroatoms. The minimum atomic E-state index is -5.82. The van der Waals surface area contributed by atoms with E-state index in [4.69, 9.17) is 29.4 Å². The van der Waals surface area contributed by atoms with Crippen molar-refractivity contribution in [2.75, 3.05) is 0 Å². The number of ether oxygens (including phenoxy) is 2. The van der Waals surface area contributed by atoms with Crippen LogP contribution in [0.2, 0.25) is 0 Å². The van der Waals surface area contributed by atoms with E-state index in [1.54, 1.807) is 60.7 Å². The van der Waals surface area contributed by atoms with Gasteiger partial charge in [0.2, 0.25) is 5.41 Å². The molecule has 0 spiro atoms. The summed E-state index contributed by atoms with van der Waals surface area (Å²) in [5.74, 6) is 3.11. The summed E-state index contributed by atoms with van der Waals surface area (Å²) in [5.41, 5.74) is -2.16. The van der Waals surface area contributed by atoms with Gasteiger partial charge in [0.25, 0.3) is 0 Å². The molecule has 7 aromatic carbocycles. The number of allylic oxidation sites excluding steroid dienone is 5. The smallest absolute Gasteiger partial charge is 0.411 e. The van der Waals surface area contributed by atoms with Gasteiger partial charge in [0, 0.05) is 27.8 Å². The monoisotopic (exact) mass is 966 g/mol. The first-order chi connectivity index (χ1) is 34.8. The number of aromatic nitrogens is 6. The van der Waals surface area contributed by atoms with Crippen LogP contribution in [-0.2, 0) is 5.41 Å². The number of halogens is 6. The summed E-state index contributed by atoms with van der Waals surface area (Å²) < 4.78 is 103. The Hall–Kier alpha value is -9.04. The van der Waals surface area contributed by atoms with Gasteiger partial charge >= 0.3 is 12.4 Å². The van der Waals surface area contributed by atoms with E-state index in [2.05, 4.69) is 16.5 Å². The van der Waals surface area contributed by atoms with Crippen molar-refractivity contribution in [3.8, 4) is 79.9 Å². The highest BCUT2D eigenvalue weighted by Gasteiger charge is 2.72. The maximum Gasteiger partial charge on any atom is 0.411 e. The summed E-state index contributed by atoms with van der Waals surface area (Å²) in [4.78, 5) is 28.2. The fourth-order valence-corrected chi connectivity index (χ4v) is 7.83. The van der Waals surface area contributed by atoms with Gasteiger partial charge in [0.05, 0.1) is 0 Å². The molecule has 72 heavy (non-hydrogen) atoms. The Bertz CT molecular complexity index is 3300. The predicted octanol–water partition coefficient (Wildman–Crippen LogP) is 15.5. The van der Waals surface area contributed by atoms with E-state index >= 15 is 26.3 Å². The van der Waals surface area contributed by atoms with Gasteiger partial charge in [0.15, 0.2) is 34.9 Å². The Morgan fingerprint density at radius 3 is 0.986 bits per heavy atom. The molecule has 0 aliphatic rings. The fraction of sp³-hybridized carbons (Fsp3) is 0.0690. The van der Waals surface area contributed by atoms with Crippen molar-refractivity contribution in [2.24, 2.45) is 0 Å². The lowest BCUT2D eigenvalue weighted by molar-refractivity contribution is -0.288. The van der Waals surface area contributed by atoms with Gasteiger partial charge in [0.1, 0.15) is 23.0 Å². The molecule has 0 fully saturated rings. The molecule has 0 amide bonds. The molecule has 9 aromatic rings. The number of hydrogen-bond donors (Lipinski definition) is 0. The van der Waals surface area contributed by atoms with Gasteiger partial charge in [-0.25, -0.2) is 29.9 Å². The van der Waals surface area contributed by atoms with Gasteiger partial charge in [-0.15, -0.1) is 0 Å². The Kier molecular flexibility index (Phi) is 13.7. The molecule has 2 heterocycles. The van der Waals surface area contributed by atoms with Crippen LogP contribution in [0.15, 0.2) is 219 Å². The van der Waals surface area contributed by atoms with Crippen LogP contribution in [0.4, 0.5) is 26.3 Å². The van der Waals surface area contributed by atoms with Crippen molar-refractivity contribution in [2.45, 2.75) is 24.7 Å². The maximum atomic E-state index is 15.2. The van der Waals surface area contributed by atoms with Crippen LogP contribution in [0.25, 0.3) is 62.5 Å². The van der Waals surface area contributed by atoms with Gasteiger partial charge in [-0.2, -0.15) is 26.3 Å². The molecule has 8 nitrogen and oxygen atoms in total. The molecular weight excluding hydrogens is 927 g/mol. The molecule has 0 saturated heterocycles. The zero-order valence-corrected chi connectivity index (χ0v) is 38.2. The predicted molar refractivity (Wildman–Crippen MR) is 266 cm³/mol. The quantitative estimate of drug-likeness (QED) is 0.0785. The van der Waals surface area contributed by atoms with Gasteiger partial charge in [-0.3, -0.25) is 0 Å². The molecule has 0 N–H and O–H groups in total. The second-order valence-corrected chi connectivity index (χ2v) is 16.2. The first-order valence-corrected chi connectivity index (χ1v) is 22.3. The highest BCUT2D eigenvalue weighted by atomic mass is 19.4. The first kappa shape index (κ1) is 48.0. The lowest BCUT2D eigenvalue weighted by Gasteiger charge is -2.38. The zero-order chi connectivity index (χ0) is 50.3. The second kappa shape index (κ2) is 20.5. The van der Waals surface area contributed by atoms with E-state index in [0.29, 0.717) is 46.1 Å². The second-order valence-electron chi connectivity index (χ2n) is 16.2. The van der Waals surface area contributed by atoms with Crippen molar-refractivity contribution in [3.05, 3.63) is 236 Å². The number of nitrogens with zero attached hydrogens (tertiary/aromatic N) is 6. The Morgan fingerprint density at radius 2 is 0.681 bits per heavy atom. The molecule has 0 unspecified atom stereocenters. The average molecular weight is 967 g/mol. The molecule has 2 aromatic heterocycles. The third-order valence-corrected chi connectivity index (χ3v) is 11.4. The lowest BCUT2D eigenvalue weighted by Crippen LogP contribution is -2.54. The van der Waals surface area contributed by atoms with E-state index in [1.165, 1.54) is 0 Å². The standard InChI is InChI=1S/C58H40F6N6O2/c1-3-4-8-15-38(2)50-65-51(39-16-9-5-10-17-39)67-54(66-50)42-22-30-46(31-23-42)71-48-34-26-44(27-35-48)56(57(59,60)61,58(62,63)64)45-28-36-49(37-29-45)72-47-32-24-43(25-33-47)55-69-52(40-18-11-6-12-19-40)68-53(70-55)41-20-13-7-14-21-41/h3-37H,1H2,2H3/b8-4-,38-15+. The number of alkyl halides is 6. The van der Waals surface area contributed by atoms with Crippen molar-refractivity contribution >= 4 is 5.57 Å². The highest BCUT2D eigenvalue weighted by Crippen LogP contribution is 2.56. The summed E-state index contributed by atoms with van der Waals surface area (Å²) in [6.45, 7) is 5.56. The molecule has 0 radical (unpaired) electrons. The molecule has 0 bridgehead atoms. The van der Waals surface area contributed by atoms with Crippen LogP contribution in [0.3, 0.4) is 0 Å². The van der Waals surface area contributed by atoms with Crippen LogP contribution < -0.4 is 9.47 Å². The van der Waals surface area contributed by atoms with E-state index in [-0.39, 0.29) is 23.0 Å². The van der Waals surface area contributed by atoms with E-state index in [1.807, 2.05) is 110 Å². The zero-order valence-electron chi connectivity index (χ0n) is 38.2. The van der Waals surface area contributed by atoms with Crippen LogP contribution >= 0.6 is 0 Å². The molecule has 0 aliphatic heterocycles. The Balaban J connectivity index is 0.939. The normalized spacial score (nSPS) is 12.2. The topological polar surface area (TPSA) is 95.8 Å². The van der Waals surface area contributed by atoms with E-state index in [0.717, 1.165) is 70.8 Å². The number of rotatable bonds is 14. The minimum absolute atomic E-state index is 0.00503. The van der Waals surface area contributed by atoms with E-state index in [9.17, 15) is 0 Å². The van der Waals surface area contributed by atoms with Crippen molar-refractivity contribution in [3.63, 3.8) is 0 Å². The van der Waals surface area contributed by atoms with Crippen LogP contribution in [-0.4, -0.2) is 42.3 Å². The van der Waals surface area contributed by atoms with Gasteiger partial charge in [-0.05, 0) is 96.4 Å². The van der Waals surface area contributed by atoms with Crippen molar-refractivity contribution in [1.29, 1.82) is 0 Å². The number of hydrogen-bond acceptors (Lipinski definition) is 8. The third-order valence-electron chi connectivity index (χ3n) is 11.4. The minimum Gasteiger partial charge on any atom is -0.457 e. The van der Waals surface area contributed by atoms with Crippen molar-refractivity contribution in [1.82, 2.24) is 29.9 Å². The fourth-order valence-electron chi connectivity index (χ4n) is 7.83. The summed E-state index contributed by atoms with van der Waals surface area (Å²) >= 11 is 0. The largest absolute Gasteiger partial charge is 0.457 e. The summed E-state index contributed by atoms with van der Waals surface area (Å²) in [6.07, 6.45) is -4.54. The maximum absolute atomic E-state index is 15.2.